The SMILES string of the molecule is C[C@H]1C(=O)N2CCCc3cc(NC(=O)c4ccc([N+](=O)[O-])cc4)cc1c32. The third-order valence-corrected chi connectivity index (χ3v) is 5.02. The molecule has 4 rings (SSSR count). The average molecular weight is 351 g/mol. The van der Waals surface area contributed by atoms with E-state index in [1.54, 1.807) is 0 Å². The van der Waals surface area contributed by atoms with Gasteiger partial charge in [-0.1, -0.05) is 0 Å². The van der Waals surface area contributed by atoms with Crippen LogP contribution in [0.15, 0.2) is 36.4 Å². The number of hydrogen-bond donors (Lipinski definition) is 1. The summed E-state index contributed by atoms with van der Waals surface area (Å²) < 4.78 is 0. The fourth-order valence-corrected chi connectivity index (χ4v) is 3.71. The summed E-state index contributed by atoms with van der Waals surface area (Å²) in [5.74, 6) is -0.436. The van der Waals surface area contributed by atoms with Crippen LogP contribution < -0.4 is 10.2 Å². The van der Waals surface area contributed by atoms with E-state index in [0.29, 0.717) is 11.3 Å². The minimum Gasteiger partial charge on any atom is -0.322 e. The lowest BCUT2D eigenvalue weighted by Crippen LogP contribution is -2.32. The van der Waals surface area contributed by atoms with Gasteiger partial charge in [-0.05, 0) is 55.2 Å². The highest BCUT2D eigenvalue weighted by Gasteiger charge is 2.37. The number of amides is 2. The Hall–Kier alpha value is -3.22. The van der Waals surface area contributed by atoms with Crippen molar-refractivity contribution in [3.05, 3.63) is 63.2 Å². The quantitative estimate of drug-likeness (QED) is 0.679. The molecule has 26 heavy (non-hydrogen) atoms. The van der Waals surface area contributed by atoms with Gasteiger partial charge in [0.2, 0.25) is 5.91 Å². The van der Waals surface area contributed by atoms with Crippen molar-refractivity contribution >= 4 is 28.9 Å². The predicted octanol–water partition coefficient (Wildman–Crippen LogP) is 3.24. The number of nitro groups is 1. The molecule has 2 aliphatic heterocycles. The van der Waals surface area contributed by atoms with Crippen LogP contribution in [-0.4, -0.2) is 23.3 Å². The van der Waals surface area contributed by atoms with Gasteiger partial charge in [-0.25, -0.2) is 0 Å². The zero-order valence-electron chi connectivity index (χ0n) is 14.2. The van der Waals surface area contributed by atoms with Crippen molar-refractivity contribution in [2.75, 3.05) is 16.8 Å². The topological polar surface area (TPSA) is 92.6 Å². The van der Waals surface area contributed by atoms with Crippen molar-refractivity contribution in [2.24, 2.45) is 0 Å². The van der Waals surface area contributed by atoms with Gasteiger partial charge in [0.05, 0.1) is 16.5 Å². The molecule has 0 unspecified atom stereocenters. The Labute approximate surface area is 149 Å². The van der Waals surface area contributed by atoms with Crippen LogP contribution in [0.1, 0.15) is 40.7 Å². The lowest BCUT2D eigenvalue weighted by molar-refractivity contribution is -0.384. The third kappa shape index (κ3) is 2.52. The van der Waals surface area contributed by atoms with Gasteiger partial charge in [0.15, 0.2) is 0 Å². The molecule has 0 aliphatic carbocycles. The molecule has 132 valence electrons. The maximum Gasteiger partial charge on any atom is 0.269 e. The molecule has 0 saturated heterocycles. The second kappa shape index (κ2) is 5.94. The van der Waals surface area contributed by atoms with E-state index in [-0.39, 0.29) is 23.4 Å². The van der Waals surface area contributed by atoms with E-state index >= 15 is 0 Å². The number of rotatable bonds is 3. The Morgan fingerprint density at radius 3 is 2.69 bits per heavy atom. The van der Waals surface area contributed by atoms with Crippen molar-refractivity contribution in [3.8, 4) is 0 Å². The summed E-state index contributed by atoms with van der Waals surface area (Å²) in [6.45, 7) is 2.63. The number of nitrogens with zero attached hydrogens (tertiary/aromatic N) is 2. The van der Waals surface area contributed by atoms with Crippen LogP contribution in [0.2, 0.25) is 0 Å². The molecule has 2 aromatic rings. The van der Waals surface area contributed by atoms with Crippen molar-refractivity contribution in [1.29, 1.82) is 0 Å². The van der Waals surface area contributed by atoms with E-state index in [9.17, 15) is 19.7 Å². The zero-order valence-corrected chi connectivity index (χ0v) is 14.2. The monoisotopic (exact) mass is 351 g/mol. The summed E-state index contributed by atoms with van der Waals surface area (Å²) in [4.78, 5) is 36.9. The Balaban J connectivity index is 1.62. The summed E-state index contributed by atoms with van der Waals surface area (Å²) in [5.41, 5.74) is 3.95. The van der Waals surface area contributed by atoms with Gasteiger partial charge in [0.25, 0.3) is 11.6 Å². The van der Waals surface area contributed by atoms with E-state index in [1.165, 1.54) is 24.3 Å². The fraction of sp³-hybridized carbons (Fsp3) is 0.263. The molecule has 0 radical (unpaired) electrons. The normalized spacial score (nSPS) is 17.8. The van der Waals surface area contributed by atoms with Crippen LogP contribution in [0, 0.1) is 10.1 Å². The van der Waals surface area contributed by atoms with Gasteiger partial charge >= 0.3 is 0 Å². The van der Waals surface area contributed by atoms with Crippen LogP contribution in [0.5, 0.6) is 0 Å². The number of non-ortho nitro benzene ring substituents is 1. The Morgan fingerprint density at radius 2 is 2.00 bits per heavy atom. The Kier molecular flexibility index (Phi) is 3.72. The van der Waals surface area contributed by atoms with Gasteiger partial charge in [0, 0.05) is 29.9 Å². The van der Waals surface area contributed by atoms with Gasteiger partial charge in [-0.2, -0.15) is 0 Å². The first-order valence-corrected chi connectivity index (χ1v) is 8.49. The van der Waals surface area contributed by atoms with Crippen molar-refractivity contribution < 1.29 is 14.5 Å². The van der Waals surface area contributed by atoms with E-state index in [2.05, 4.69) is 5.32 Å². The highest BCUT2D eigenvalue weighted by molar-refractivity contribution is 6.08. The molecule has 0 spiro atoms. The van der Waals surface area contributed by atoms with E-state index in [0.717, 1.165) is 36.2 Å². The summed E-state index contributed by atoms with van der Waals surface area (Å²) in [5, 5.41) is 13.6. The molecule has 0 fully saturated rings. The zero-order chi connectivity index (χ0) is 18.4. The van der Waals surface area contributed by atoms with Gasteiger partial charge in [0.1, 0.15) is 0 Å². The number of nitrogens with one attached hydrogen (secondary N) is 1. The average Bonchev–Trinajstić information content (AvgIpc) is 2.88. The van der Waals surface area contributed by atoms with E-state index in [1.807, 2.05) is 24.0 Å². The smallest absolute Gasteiger partial charge is 0.269 e. The molecule has 2 aromatic carbocycles. The first-order chi connectivity index (χ1) is 12.5. The molecule has 2 heterocycles. The molecule has 0 saturated carbocycles. The second-order valence-corrected chi connectivity index (χ2v) is 6.65. The number of anilines is 2. The van der Waals surface area contributed by atoms with Gasteiger partial charge < -0.3 is 10.2 Å². The van der Waals surface area contributed by atoms with E-state index in [4.69, 9.17) is 0 Å². The molecule has 7 heteroatoms. The van der Waals surface area contributed by atoms with Crippen molar-refractivity contribution in [3.63, 3.8) is 0 Å². The molecule has 0 bridgehead atoms. The Bertz CT molecular complexity index is 937. The maximum atomic E-state index is 12.5. The molecule has 2 aliphatic rings. The highest BCUT2D eigenvalue weighted by atomic mass is 16.6. The first kappa shape index (κ1) is 16.3. The van der Waals surface area contributed by atoms with Gasteiger partial charge in [-0.15, -0.1) is 0 Å². The second-order valence-electron chi connectivity index (χ2n) is 6.65. The maximum absolute atomic E-state index is 12.5. The minimum absolute atomic E-state index is 0.0593. The van der Waals surface area contributed by atoms with Crippen molar-refractivity contribution in [2.45, 2.75) is 25.7 Å². The largest absolute Gasteiger partial charge is 0.322 e. The molecule has 1 N–H and O–H groups in total. The summed E-state index contributed by atoms with van der Waals surface area (Å²) in [6, 6.07) is 9.24. The minimum atomic E-state index is -0.503. The molecular formula is C19H17N3O4. The number of aryl methyl sites for hydroxylation is 1. The summed E-state index contributed by atoms with van der Waals surface area (Å²) in [6.07, 6.45) is 1.78. The third-order valence-electron chi connectivity index (χ3n) is 5.02. The highest BCUT2D eigenvalue weighted by Crippen LogP contribution is 2.44. The summed E-state index contributed by atoms with van der Waals surface area (Å²) in [7, 11) is 0. The van der Waals surface area contributed by atoms with Crippen LogP contribution >= 0.6 is 0 Å². The van der Waals surface area contributed by atoms with E-state index < -0.39 is 4.92 Å². The van der Waals surface area contributed by atoms with Crippen LogP contribution in [0.4, 0.5) is 17.1 Å². The van der Waals surface area contributed by atoms with Crippen molar-refractivity contribution in [1.82, 2.24) is 0 Å². The van der Waals surface area contributed by atoms with Crippen LogP contribution in [-0.2, 0) is 11.2 Å². The molecule has 2 amide bonds. The van der Waals surface area contributed by atoms with Crippen LogP contribution in [0.3, 0.4) is 0 Å². The standard InChI is InChI=1S/C19H17N3O4/c1-11-16-10-14(9-13-3-2-8-21(17(13)16)19(11)24)20-18(23)12-4-6-15(7-5-12)22(25)26/h4-7,9-11H,2-3,8H2,1H3,(H,20,23)/t11-/m1/s1. The fourth-order valence-electron chi connectivity index (χ4n) is 3.71. The number of benzene rings is 2. The first-order valence-electron chi connectivity index (χ1n) is 8.49. The lowest BCUT2D eigenvalue weighted by Gasteiger charge is -2.26. The number of hydrogen-bond acceptors (Lipinski definition) is 4. The molecule has 0 aromatic heterocycles. The molecule has 1 atom stereocenters. The summed E-state index contributed by atoms with van der Waals surface area (Å²) >= 11 is 0. The molecule has 7 nitrogen and oxygen atoms in total. The number of carbonyl (C=O) groups excluding carboxylic acids is 2. The predicted molar refractivity (Wildman–Crippen MR) is 96.6 cm³/mol. The van der Waals surface area contributed by atoms with Crippen LogP contribution in [0.25, 0.3) is 0 Å². The number of carbonyl (C=O) groups is 2. The number of nitro benzene ring substituents is 1. The Morgan fingerprint density at radius 1 is 1.27 bits per heavy atom. The lowest BCUT2D eigenvalue weighted by atomic mass is 9.96. The molecular weight excluding hydrogens is 334 g/mol. The van der Waals surface area contributed by atoms with Gasteiger partial charge in [-0.3, -0.25) is 19.7 Å².